The molecule has 1 aliphatic rings. The lowest BCUT2D eigenvalue weighted by molar-refractivity contribution is -0.124. The van der Waals surface area contributed by atoms with Crippen molar-refractivity contribution in [3.63, 3.8) is 0 Å². The number of anilines is 4. The quantitative estimate of drug-likeness (QED) is 0.233. The third-order valence-electron chi connectivity index (χ3n) is 7.01. The van der Waals surface area contributed by atoms with E-state index in [2.05, 4.69) is 57.5 Å². The van der Waals surface area contributed by atoms with E-state index in [1.54, 1.807) is 37.6 Å². The van der Waals surface area contributed by atoms with Crippen LogP contribution < -0.4 is 16.0 Å². The largest absolute Gasteiger partial charge is 0.453 e. The van der Waals surface area contributed by atoms with Crippen molar-refractivity contribution in [2.75, 3.05) is 70.0 Å². The van der Waals surface area contributed by atoms with E-state index in [4.69, 9.17) is 4.74 Å². The molecule has 4 N–H and O–H groups in total. The highest BCUT2D eigenvalue weighted by Crippen LogP contribution is 2.33. The number of aromatic nitrogens is 4. The van der Waals surface area contributed by atoms with Crippen molar-refractivity contribution in [1.82, 2.24) is 29.7 Å². The predicted molar refractivity (Wildman–Crippen MR) is 156 cm³/mol. The molecule has 14 heteroatoms. The minimum atomic E-state index is -0.638. The van der Waals surface area contributed by atoms with Crippen LogP contribution in [0.2, 0.25) is 0 Å². The number of piperazine rings is 1. The summed E-state index contributed by atoms with van der Waals surface area (Å²) in [6.07, 6.45) is 3.57. The van der Waals surface area contributed by atoms with Gasteiger partial charge in [-0.25, -0.2) is 24.1 Å². The number of aromatic amines is 1. The number of para-hydroxylation sites is 1. The van der Waals surface area contributed by atoms with Crippen LogP contribution in [0.15, 0.2) is 48.9 Å². The Bertz CT molecular complexity index is 1560. The Balaban J connectivity index is 1.36. The molecule has 1 aliphatic heterocycles. The fourth-order valence-electron chi connectivity index (χ4n) is 4.75. The van der Waals surface area contributed by atoms with Crippen molar-refractivity contribution in [1.29, 1.82) is 0 Å². The number of hydrogen-bond acceptors (Lipinski definition) is 10. The lowest BCUT2D eigenvalue weighted by Crippen LogP contribution is -2.54. The number of benzene rings is 1. The monoisotopic (exact) mass is 577 g/mol. The van der Waals surface area contributed by atoms with Gasteiger partial charge in [-0.15, -0.1) is 0 Å². The highest BCUT2D eigenvalue weighted by molar-refractivity contribution is 6.06. The molecule has 220 valence electrons. The number of carbonyl (C=O) groups excluding carboxylic acids is 2. The number of fused-ring (bicyclic) bond motifs is 1. The molecule has 42 heavy (non-hydrogen) atoms. The molecule has 0 unspecified atom stereocenters. The van der Waals surface area contributed by atoms with Gasteiger partial charge in [-0.05, 0) is 25.2 Å². The van der Waals surface area contributed by atoms with E-state index in [9.17, 15) is 9.59 Å². The summed E-state index contributed by atoms with van der Waals surface area (Å²) in [5.41, 5.74) is 2.32. The van der Waals surface area contributed by atoms with Crippen molar-refractivity contribution >= 4 is 46.0 Å². The van der Waals surface area contributed by atoms with Gasteiger partial charge in [-0.3, -0.25) is 15.0 Å². The van der Waals surface area contributed by atoms with Gasteiger partial charge < -0.3 is 30.0 Å². The van der Waals surface area contributed by atoms with Gasteiger partial charge >= 0.3 is 6.09 Å². The SMILES string of the molecule is COC[C@H](C(=O)Nc1cccc2c(-c3nc(Nc4ccc(NC(=O)OC)nc4)ncc3F)c[nH]c12)N1CCN(C)CC1. The zero-order valence-corrected chi connectivity index (χ0v) is 23.5. The van der Waals surface area contributed by atoms with Gasteiger partial charge in [0.1, 0.15) is 17.6 Å². The van der Waals surface area contributed by atoms with Crippen molar-refractivity contribution in [3.8, 4) is 11.3 Å². The lowest BCUT2D eigenvalue weighted by atomic mass is 10.1. The number of amides is 2. The second-order valence-electron chi connectivity index (χ2n) is 9.79. The highest BCUT2D eigenvalue weighted by Gasteiger charge is 2.29. The summed E-state index contributed by atoms with van der Waals surface area (Å²) in [4.78, 5) is 44.9. The van der Waals surface area contributed by atoms with Gasteiger partial charge in [0.25, 0.3) is 0 Å². The standard InChI is InChI=1S/C28H32FN9O4/c1-37-9-11-38(12-10-37)22(16-41-2)26(39)34-21-6-4-5-18-19(14-31-25(18)21)24-20(29)15-32-27(36-24)33-17-7-8-23(30-13-17)35-28(40)42-3/h4-8,13-15,22,31H,9-12,16H2,1-3H3,(H,34,39)(H,30,35,40)(H,32,33,36)/t22-/m1/s1. The van der Waals surface area contributed by atoms with Crippen LogP contribution in [0, 0.1) is 5.82 Å². The molecule has 1 atom stereocenters. The number of ether oxygens (including phenoxy) is 2. The summed E-state index contributed by atoms with van der Waals surface area (Å²) < 4.78 is 24.9. The topological polar surface area (TPSA) is 150 Å². The zero-order valence-electron chi connectivity index (χ0n) is 23.5. The fourth-order valence-corrected chi connectivity index (χ4v) is 4.75. The average Bonchev–Trinajstić information content (AvgIpc) is 3.43. The molecule has 4 heterocycles. The summed E-state index contributed by atoms with van der Waals surface area (Å²) in [5.74, 6) is -0.338. The van der Waals surface area contributed by atoms with Crippen LogP contribution in [0.4, 0.5) is 32.3 Å². The number of carbonyl (C=O) groups is 2. The van der Waals surface area contributed by atoms with Crippen LogP contribution in [0.5, 0.6) is 0 Å². The highest BCUT2D eigenvalue weighted by atomic mass is 19.1. The van der Waals surface area contributed by atoms with Gasteiger partial charge in [-0.1, -0.05) is 12.1 Å². The number of methoxy groups -OCH3 is 2. The van der Waals surface area contributed by atoms with Gasteiger partial charge in [0.05, 0.1) is 43.0 Å². The van der Waals surface area contributed by atoms with Crippen LogP contribution >= 0.6 is 0 Å². The van der Waals surface area contributed by atoms with Crippen LogP contribution in [0.1, 0.15) is 0 Å². The van der Waals surface area contributed by atoms with Gasteiger partial charge in [-0.2, -0.15) is 0 Å². The number of nitrogens with zero attached hydrogens (tertiary/aromatic N) is 5. The first-order valence-corrected chi connectivity index (χ1v) is 13.3. The summed E-state index contributed by atoms with van der Waals surface area (Å²) in [7, 11) is 4.90. The molecular formula is C28H32FN9O4. The predicted octanol–water partition coefficient (Wildman–Crippen LogP) is 3.28. The first kappa shape index (κ1) is 28.9. The zero-order chi connectivity index (χ0) is 29.6. The van der Waals surface area contributed by atoms with E-state index in [0.717, 1.165) is 32.4 Å². The minimum absolute atomic E-state index is 0.0776. The van der Waals surface area contributed by atoms with Crippen LogP contribution in [0.3, 0.4) is 0 Å². The summed E-state index contributed by atoms with van der Waals surface area (Å²) in [5, 5.41) is 9.17. The van der Waals surface area contributed by atoms with E-state index in [-0.39, 0.29) is 24.2 Å². The van der Waals surface area contributed by atoms with Crippen molar-refractivity contribution in [3.05, 3.63) is 54.7 Å². The smallest absolute Gasteiger partial charge is 0.412 e. The molecule has 3 aromatic heterocycles. The molecule has 2 amide bonds. The molecule has 0 aliphatic carbocycles. The molecular weight excluding hydrogens is 545 g/mol. The van der Waals surface area contributed by atoms with Crippen molar-refractivity contribution < 1.29 is 23.5 Å². The van der Waals surface area contributed by atoms with Crippen LogP contribution in [-0.4, -0.2) is 102 Å². The first-order chi connectivity index (χ1) is 20.4. The van der Waals surface area contributed by atoms with E-state index >= 15 is 4.39 Å². The number of hydrogen-bond donors (Lipinski definition) is 4. The van der Waals surface area contributed by atoms with E-state index in [0.29, 0.717) is 33.7 Å². The maximum atomic E-state index is 15.0. The Labute approximate surface area is 241 Å². The van der Waals surface area contributed by atoms with Gasteiger partial charge in [0, 0.05) is 50.4 Å². The number of halogens is 1. The lowest BCUT2D eigenvalue weighted by Gasteiger charge is -2.36. The maximum absolute atomic E-state index is 15.0. The van der Waals surface area contributed by atoms with Gasteiger partial charge in [0.15, 0.2) is 5.82 Å². The Hall–Kier alpha value is -4.66. The molecule has 1 fully saturated rings. The summed E-state index contributed by atoms with van der Waals surface area (Å²) in [6, 6.07) is 8.20. The van der Waals surface area contributed by atoms with Crippen LogP contribution in [-0.2, 0) is 14.3 Å². The second-order valence-corrected chi connectivity index (χ2v) is 9.79. The first-order valence-electron chi connectivity index (χ1n) is 13.3. The molecule has 1 aromatic carbocycles. The molecule has 1 saturated heterocycles. The minimum Gasteiger partial charge on any atom is -0.453 e. The normalized spacial score (nSPS) is 14.9. The van der Waals surface area contributed by atoms with Gasteiger partial charge in [0.2, 0.25) is 11.9 Å². The maximum Gasteiger partial charge on any atom is 0.412 e. The Morgan fingerprint density at radius 2 is 1.88 bits per heavy atom. The third kappa shape index (κ3) is 6.46. The third-order valence-corrected chi connectivity index (χ3v) is 7.01. The van der Waals surface area contributed by atoms with Crippen LogP contribution in [0.25, 0.3) is 22.2 Å². The Morgan fingerprint density at radius 1 is 1.07 bits per heavy atom. The Kier molecular flexibility index (Phi) is 8.85. The second kappa shape index (κ2) is 12.9. The van der Waals surface area contributed by atoms with E-state index < -0.39 is 18.0 Å². The average molecular weight is 578 g/mol. The number of rotatable bonds is 9. The molecule has 4 aromatic rings. The molecule has 0 saturated carbocycles. The molecule has 5 rings (SSSR count). The van der Waals surface area contributed by atoms with E-state index in [1.807, 2.05) is 6.07 Å². The number of nitrogens with one attached hydrogen (secondary N) is 4. The molecule has 0 radical (unpaired) electrons. The van der Waals surface area contributed by atoms with E-state index in [1.165, 1.54) is 13.3 Å². The number of likely N-dealkylation sites (N-methyl/N-ethyl adjacent to an activating group) is 1. The number of H-pyrrole nitrogens is 1. The molecule has 0 bridgehead atoms. The Morgan fingerprint density at radius 3 is 2.60 bits per heavy atom. The van der Waals surface area contributed by atoms with Crippen molar-refractivity contribution in [2.45, 2.75) is 6.04 Å². The molecule has 13 nitrogen and oxygen atoms in total. The summed E-state index contributed by atoms with van der Waals surface area (Å²) >= 11 is 0. The molecule has 0 spiro atoms. The summed E-state index contributed by atoms with van der Waals surface area (Å²) in [6.45, 7) is 3.55. The fraction of sp³-hybridized carbons (Fsp3) is 0.321. The van der Waals surface area contributed by atoms with Crippen molar-refractivity contribution in [2.24, 2.45) is 0 Å². The number of pyridine rings is 1.